The predicted molar refractivity (Wildman–Crippen MR) is 76.2 cm³/mol. The topological polar surface area (TPSA) is 44.7 Å². The molecule has 4 nitrogen and oxygen atoms in total. The van der Waals surface area contributed by atoms with Crippen LogP contribution < -0.4 is 10.3 Å². The smallest absolute Gasteiger partial charge is 0.271 e. The Balaban J connectivity index is 2.54. The van der Waals surface area contributed by atoms with Crippen LogP contribution >= 0.6 is 0 Å². The van der Waals surface area contributed by atoms with Gasteiger partial charge in [-0.05, 0) is 36.6 Å². The predicted octanol–water partition coefficient (Wildman–Crippen LogP) is 2.51. The molecular weight excluding hydrogens is 226 g/mol. The van der Waals surface area contributed by atoms with Gasteiger partial charge in [0.15, 0.2) is 0 Å². The van der Waals surface area contributed by atoms with Crippen molar-refractivity contribution in [3.63, 3.8) is 0 Å². The molecule has 4 heteroatoms. The van der Waals surface area contributed by atoms with E-state index in [0.717, 1.165) is 12.1 Å². The van der Waals surface area contributed by atoms with Crippen molar-refractivity contribution < 1.29 is 4.79 Å². The first-order chi connectivity index (χ1) is 8.50. The molecule has 0 bridgehead atoms. The number of hydrogen-bond donors (Lipinski definition) is 1. The Morgan fingerprint density at radius 1 is 1.33 bits per heavy atom. The minimum Gasteiger partial charge on any atom is -0.378 e. The summed E-state index contributed by atoms with van der Waals surface area (Å²) in [5.74, 6) is 0.366. The number of carbonyl (C=O) groups is 1. The van der Waals surface area contributed by atoms with Crippen molar-refractivity contribution in [2.75, 3.05) is 19.0 Å². The molecule has 1 aromatic carbocycles. The number of nitrogens with zero attached hydrogens (tertiary/aromatic N) is 2. The van der Waals surface area contributed by atoms with Crippen molar-refractivity contribution in [2.45, 2.75) is 20.3 Å². The van der Waals surface area contributed by atoms with Crippen LogP contribution in [0.1, 0.15) is 30.6 Å². The molecule has 1 rings (SSSR count). The molecule has 1 aromatic rings. The van der Waals surface area contributed by atoms with Crippen LogP contribution in [-0.4, -0.2) is 26.2 Å². The number of benzene rings is 1. The van der Waals surface area contributed by atoms with Gasteiger partial charge in [0, 0.05) is 31.6 Å². The van der Waals surface area contributed by atoms with E-state index >= 15 is 0 Å². The van der Waals surface area contributed by atoms with Crippen molar-refractivity contribution in [2.24, 2.45) is 11.0 Å². The second-order valence-electron chi connectivity index (χ2n) is 4.82. The van der Waals surface area contributed by atoms with E-state index in [2.05, 4.69) is 24.4 Å². The van der Waals surface area contributed by atoms with Gasteiger partial charge in [-0.1, -0.05) is 13.8 Å². The summed E-state index contributed by atoms with van der Waals surface area (Å²) >= 11 is 0. The van der Waals surface area contributed by atoms with Gasteiger partial charge in [0.2, 0.25) is 0 Å². The van der Waals surface area contributed by atoms with Gasteiger partial charge in [0.1, 0.15) is 0 Å². The Morgan fingerprint density at radius 3 is 2.44 bits per heavy atom. The number of carbonyl (C=O) groups excluding carboxylic acids is 1. The van der Waals surface area contributed by atoms with Crippen molar-refractivity contribution in [1.29, 1.82) is 0 Å². The molecule has 0 aromatic heterocycles. The monoisotopic (exact) mass is 247 g/mol. The molecule has 0 heterocycles. The zero-order valence-corrected chi connectivity index (χ0v) is 11.5. The molecule has 0 fully saturated rings. The van der Waals surface area contributed by atoms with E-state index < -0.39 is 0 Å². The Labute approximate surface area is 109 Å². The standard InChI is InChI=1S/C14H21N3O/c1-11(2)9-10-15-16-14(18)12-5-7-13(8-6-12)17(3)4/h5-8,10-11H,9H2,1-4H3,(H,16,18). The second kappa shape index (κ2) is 6.79. The fourth-order valence-corrected chi connectivity index (χ4v) is 1.34. The second-order valence-corrected chi connectivity index (χ2v) is 4.82. The van der Waals surface area contributed by atoms with Crippen LogP contribution in [0.5, 0.6) is 0 Å². The Kier molecular flexibility index (Phi) is 5.36. The maximum atomic E-state index is 11.7. The minimum absolute atomic E-state index is 0.180. The van der Waals surface area contributed by atoms with Gasteiger partial charge in [0.05, 0.1) is 0 Å². The van der Waals surface area contributed by atoms with Crippen molar-refractivity contribution in [3.05, 3.63) is 29.8 Å². The molecule has 0 radical (unpaired) electrons. The number of hydrogen-bond acceptors (Lipinski definition) is 3. The average Bonchev–Trinajstić information content (AvgIpc) is 2.34. The number of hydrazone groups is 1. The van der Waals surface area contributed by atoms with Crippen LogP contribution in [0.4, 0.5) is 5.69 Å². The molecular formula is C14H21N3O. The lowest BCUT2D eigenvalue weighted by molar-refractivity contribution is 0.0955. The molecule has 0 atom stereocenters. The zero-order valence-electron chi connectivity index (χ0n) is 11.5. The molecule has 0 aliphatic rings. The third-order valence-electron chi connectivity index (χ3n) is 2.48. The first-order valence-electron chi connectivity index (χ1n) is 6.10. The summed E-state index contributed by atoms with van der Waals surface area (Å²) in [5, 5.41) is 3.91. The van der Waals surface area contributed by atoms with E-state index in [0.29, 0.717) is 11.5 Å². The fraction of sp³-hybridized carbons (Fsp3) is 0.429. The highest BCUT2D eigenvalue weighted by molar-refractivity contribution is 5.94. The summed E-state index contributed by atoms with van der Waals surface area (Å²) in [6, 6.07) is 7.41. The molecule has 0 spiro atoms. The Morgan fingerprint density at radius 2 is 1.94 bits per heavy atom. The lowest BCUT2D eigenvalue weighted by Gasteiger charge is -2.12. The van der Waals surface area contributed by atoms with Crippen LogP contribution in [0.3, 0.4) is 0 Å². The van der Waals surface area contributed by atoms with Gasteiger partial charge in [0.25, 0.3) is 5.91 Å². The number of anilines is 1. The first-order valence-corrected chi connectivity index (χ1v) is 6.10. The van der Waals surface area contributed by atoms with Gasteiger partial charge in [-0.3, -0.25) is 4.79 Å². The SMILES string of the molecule is CC(C)CC=NNC(=O)c1ccc(N(C)C)cc1. The molecule has 0 saturated heterocycles. The first kappa shape index (κ1) is 14.2. The van der Waals surface area contributed by atoms with Gasteiger partial charge < -0.3 is 4.90 Å². The van der Waals surface area contributed by atoms with Crippen LogP contribution in [0.25, 0.3) is 0 Å². The largest absolute Gasteiger partial charge is 0.378 e. The molecule has 0 saturated carbocycles. The maximum absolute atomic E-state index is 11.7. The Hall–Kier alpha value is -1.84. The third-order valence-corrected chi connectivity index (χ3v) is 2.48. The van der Waals surface area contributed by atoms with Crippen LogP contribution in [-0.2, 0) is 0 Å². The number of nitrogens with one attached hydrogen (secondary N) is 1. The fourth-order valence-electron chi connectivity index (χ4n) is 1.34. The quantitative estimate of drug-likeness (QED) is 0.642. The minimum atomic E-state index is -0.180. The van der Waals surface area contributed by atoms with Crippen molar-refractivity contribution >= 4 is 17.8 Å². The normalized spacial score (nSPS) is 10.9. The summed E-state index contributed by atoms with van der Waals surface area (Å²) in [4.78, 5) is 13.7. The molecule has 0 aliphatic heterocycles. The Bertz CT molecular complexity index is 408. The van der Waals surface area contributed by atoms with Gasteiger partial charge in [-0.2, -0.15) is 5.10 Å². The van der Waals surface area contributed by atoms with E-state index in [1.54, 1.807) is 18.3 Å². The highest BCUT2D eigenvalue weighted by Crippen LogP contribution is 2.11. The summed E-state index contributed by atoms with van der Waals surface area (Å²) in [6.07, 6.45) is 2.59. The van der Waals surface area contributed by atoms with Crippen molar-refractivity contribution in [1.82, 2.24) is 5.43 Å². The lowest BCUT2D eigenvalue weighted by atomic mass is 10.2. The van der Waals surface area contributed by atoms with Crippen LogP contribution in [0.15, 0.2) is 29.4 Å². The van der Waals surface area contributed by atoms with E-state index in [4.69, 9.17) is 0 Å². The summed E-state index contributed by atoms with van der Waals surface area (Å²) in [5.41, 5.74) is 4.20. The third kappa shape index (κ3) is 4.57. The number of amides is 1. The van der Waals surface area contributed by atoms with Crippen molar-refractivity contribution in [3.8, 4) is 0 Å². The van der Waals surface area contributed by atoms with Crippen LogP contribution in [0, 0.1) is 5.92 Å². The summed E-state index contributed by atoms with van der Waals surface area (Å²) in [6.45, 7) is 4.21. The number of rotatable bonds is 5. The molecule has 0 unspecified atom stereocenters. The summed E-state index contributed by atoms with van der Waals surface area (Å²) < 4.78 is 0. The summed E-state index contributed by atoms with van der Waals surface area (Å²) in [7, 11) is 3.93. The van der Waals surface area contributed by atoms with E-state index in [9.17, 15) is 4.79 Å². The molecule has 0 aliphatic carbocycles. The molecule has 18 heavy (non-hydrogen) atoms. The lowest BCUT2D eigenvalue weighted by Crippen LogP contribution is -2.18. The average molecular weight is 247 g/mol. The van der Waals surface area contributed by atoms with E-state index in [-0.39, 0.29) is 5.91 Å². The van der Waals surface area contributed by atoms with Gasteiger partial charge in [-0.15, -0.1) is 0 Å². The maximum Gasteiger partial charge on any atom is 0.271 e. The molecule has 98 valence electrons. The van der Waals surface area contributed by atoms with Crippen LogP contribution in [0.2, 0.25) is 0 Å². The molecule has 1 amide bonds. The zero-order chi connectivity index (χ0) is 13.5. The van der Waals surface area contributed by atoms with Gasteiger partial charge in [-0.25, -0.2) is 5.43 Å². The molecule has 1 N–H and O–H groups in total. The van der Waals surface area contributed by atoms with E-state index in [1.165, 1.54) is 0 Å². The highest BCUT2D eigenvalue weighted by atomic mass is 16.2. The van der Waals surface area contributed by atoms with Gasteiger partial charge >= 0.3 is 0 Å². The highest BCUT2D eigenvalue weighted by Gasteiger charge is 2.04. The van der Waals surface area contributed by atoms with E-state index in [1.807, 2.05) is 31.1 Å².